The minimum atomic E-state index is -0.415. The zero-order valence-corrected chi connectivity index (χ0v) is 13.4. The van der Waals surface area contributed by atoms with E-state index in [9.17, 15) is 9.90 Å². The van der Waals surface area contributed by atoms with Gasteiger partial charge in [0.1, 0.15) is 0 Å². The molecule has 1 amide bonds. The number of aliphatic hydroxyl groups is 1. The van der Waals surface area contributed by atoms with Gasteiger partial charge in [-0.2, -0.15) is 0 Å². The van der Waals surface area contributed by atoms with Crippen molar-refractivity contribution in [3.8, 4) is 0 Å². The Morgan fingerprint density at radius 2 is 1.90 bits per heavy atom. The van der Waals surface area contributed by atoms with Crippen molar-refractivity contribution in [3.63, 3.8) is 0 Å². The maximum absolute atomic E-state index is 13.1. The summed E-state index contributed by atoms with van der Waals surface area (Å²) in [5.41, 5.74) is 5.21. The molecule has 2 rings (SSSR count). The molecule has 5 nitrogen and oxygen atoms in total. The number of ether oxygens (including phenoxy) is 1. The molecule has 1 atom stereocenters. The van der Waals surface area contributed by atoms with Gasteiger partial charge in [0.15, 0.2) is 0 Å². The minimum Gasteiger partial charge on any atom is -0.394 e. The molecule has 122 valence electrons. The second-order valence-corrected chi connectivity index (χ2v) is 7.27. The highest BCUT2D eigenvalue weighted by Crippen LogP contribution is 2.37. The Bertz CT molecular complexity index is 363. The van der Waals surface area contributed by atoms with Gasteiger partial charge in [-0.15, -0.1) is 0 Å². The lowest BCUT2D eigenvalue weighted by Gasteiger charge is -2.45. The molecule has 1 unspecified atom stereocenters. The number of carbonyl (C=O) groups is 1. The normalized spacial score (nSPS) is 29.0. The van der Waals surface area contributed by atoms with E-state index in [-0.39, 0.29) is 18.6 Å². The van der Waals surface area contributed by atoms with Crippen LogP contribution < -0.4 is 5.73 Å². The zero-order chi connectivity index (χ0) is 15.5. The summed E-state index contributed by atoms with van der Waals surface area (Å²) >= 11 is 0. The Morgan fingerprint density at radius 1 is 1.29 bits per heavy atom. The van der Waals surface area contributed by atoms with Crippen LogP contribution >= 0.6 is 0 Å². The first-order valence-corrected chi connectivity index (χ1v) is 8.21. The van der Waals surface area contributed by atoms with Crippen LogP contribution in [0, 0.1) is 5.41 Å². The van der Waals surface area contributed by atoms with Gasteiger partial charge in [0.25, 0.3) is 0 Å². The standard InChI is InChI=1S/C16H30N2O3/c1-15(2)12-18(9-13(10-19)21-15)14(20)16(11-17)7-5-3-4-6-8-16/h13,19H,3-12,17H2,1-2H3. The number of rotatable bonds is 3. The minimum absolute atomic E-state index is 0.0527. The van der Waals surface area contributed by atoms with Crippen LogP contribution in [0.3, 0.4) is 0 Å². The third-order valence-corrected chi connectivity index (χ3v) is 4.88. The molecule has 0 bridgehead atoms. The summed E-state index contributed by atoms with van der Waals surface area (Å²) in [5, 5.41) is 9.41. The summed E-state index contributed by atoms with van der Waals surface area (Å²) < 4.78 is 5.81. The topological polar surface area (TPSA) is 75.8 Å². The summed E-state index contributed by atoms with van der Waals surface area (Å²) in [6.45, 7) is 5.36. The number of nitrogens with two attached hydrogens (primary N) is 1. The van der Waals surface area contributed by atoms with Crippen LogP contribution in [0.5, 0.6) is 0 Å². The Balaban J connectivity index is 2.15. The maximum atomic E-state index is 13.1. The number of nitrogens with zero attached hydrogens (tertiary/aromatic N) is 1. The molecule has 2 aliphatic rings. The van der Waals surface area contributed by atoms with E-state index in [1.54, 1.807) is 0 Å². The molecule has 0 radical (unpaired) electrons. The largest absolute Gasteiger partial charge is 0.394 e. The summed E-state index contributed by atoms with van der Waals surface area (Å²) in [4.78, 5) is 15.0. The number of aliphatic hydroxyl groups excluding tert-OH is 1. The van der Waals surface area contributed by atoms with Crippen LogP contribution in [0.2, 0.25) is 0 Å². The van der Waals surface area contributed by atoms with Crippen LogP contribution in [-0.4, -0.2) is 53.9 Å². The second kappa shape index (κ2) is 6.63. The highest BCUT2D eigenvalue weighted by atomic mass is 16.5. The number of hydrogen-bond donors (Lipinski definition) is 2. The van der Waals surface area contributed by atoms with Crippen molar-refractivity contribution in [3.05, 3.63) is 0 Å². The smallest absolute Gasteiger partial charge is 0.230 e. The summed E-state index contributed by atoms with van der Waals surface area (Å²) in [6, 6.07) is 0. The molecule has 0 aromatic carbocycles. The summed E-state index contributed by atoms with van der Waals surface area (Å²) in [7, 11) is 0. The number of carbonyl (C=O) groups excluding carboxylic acids is 1. The van der Waals surface area contributed by atoms with Gasteiger partial charge in [0.2, 0.25) is 5.91 Å². The molecule has 21 heavy (non-hydrogen) atoms. The number of morpholine rings is 1. The quantitative estimate of drug-likeness (QED) is 0.770. The van der Waals surface area contributed by atoms with Gasteiger partial charge in [-0.1, -0.05) is 25.7 Å². The zero-order valence-electron chi connectivity index (χ0n) is 13.4. The van der Waals surface area contributed by atoms with Crippen molar-refractivity contribution >= 4 is 5.91 Å². The van der Waals surface area contributed by atoms with Gasteiger partial charge in [-0.05, 0) is 26.7 Å². The fourth-order valence-electron chi connectivity index (χ4n) is 3.79. The fourth-order valence-corrected chi connectivity index (χ4v) is 3.79. The van der Waals surface area contributed by atoms with E-state index in [0.29, 0.717) is 19.6 Å². The molecule has 1 heterocycles. The van der Waals surface area contributed by atoms with Crippen molar-refractivity contribution in [1.29, 1.82) is 0 Å². The fraction of sp³-hybridized carbons (Fsp3) is 0.938. The second-order valence-electron chi connectivity index (χ2n) is 7.27. The molecule has 0 aromatic heterocycles. The molecule has 1 saturated carbocycles. The first-order valence-electron chi connectivity index (χ1n) is 8.21. The van der Waals surface area contributed by atoms with Gasteiger partial charge in [-0.3, -0.25) is 4.79 Å². The molecular weight excluding hydrogens is 268 g/mol. The van der Waals surface area contributed by atoms with E-state index < -0.39 is 11.0 Å². The molecule has 0 spiro atoms. The van der Waals surface area contributed by atoms with E-state index in [1.807, 2.05) is 18.7 Å². The van der Waals surface area contributed by atoms with Crippen LogP contribution in [0.15, 0.2) is 0 Å². The lowest BCUT2D eigenvalue weighted by molar-refractivity contribution is -0.174. The Labute approximate surface area is 127 Å². The Kier molecular flexibility index (Phi) is 5.28. The van der Waals surface area contributed by atoms with Crippen molar-refractivity contribution in [2.24, 2.45) is 11.1 Å². The van der Waals surface area contributed by atoms with Crippen molar-refractivity contribution in [1.82, 2.24) is 4.90 Å². The van der Waals surface area contributed by atoms with E-state index >= 15 is 0 Å². The molecule has 2 fully saturated rings. The van der Waals surface area contributed by atoms with Gasteiger partial charge in [-0.25, -0.2) is 0 Å². The van der Waals surface area contributed by atoms with E-state index in [2.05, 4.69) is 0 Å². The molecule has 1 aliphatic heterocycles. The van der Waals surface area contributed by atoms with Crippen LogP contribution in [0.1, 0.15) is 52.4 Å². The Hall–Kier alpha value is -0.650. The predicted molar refractivity (Wildman–Crippen MR) is 81.8 cm³/mol. The Morgan fingerprint density at radius 3 is 2.43 bits per heavy atom. The van der Waals surface area contributed by atoms with Crippen LogP contribution in [-0.2, 0) is 9.53 Å². The van der Waals surface area contributed by atoms with Crippen molar-refractivity contribution in [2.75, 3.05) is 26.2 Å². The third kappa shape index (κ3) is 3.76. The highest BCUT2D eigenvalue weighted by Gasteiger charge is 2.44. The lowest BCUT2D eigenvalue weighted by atomic mass is 9.78. The molecule has 3 N–H and O–H groups in total. The van der Waals surface area contributed by atoms with Gasteiger partial charge < -0.3 is 20.5 Å². The highest BCUT2D eigenvalue weighted by molar-refractivity contribution is 5.83. The molecule has 5 heteroatoms. The summed E-state index contributed by atoms with van der Waals surface area (Å²) in [5.74, 6) is 0.168. The van der Waals surface area contributed by atoms with Crippen molar-refractivity contribution in [2.45, 2.75) is 64.1 Å². The van der Waals surface area contributed by atoms with E-state index in [0.717, 1.165) is 25.7 Å². The number of amides is 1. The molecular formula is C16H30N2O3. The first kappa shape index (κ1) is 16.7. The SMILES string of the molecule is CC1(C)CN(C(=O)C2(CN)CCCCCC2)CC(CO)O1. The first-order chi connectivity index (χ1) is 9.92. The summed E-state index contributed by atoms with van der Waals surface area (Å²) in [6.07, 6.45) is 6.05. The van der Waals surface area contributed by atoms with Crippen molar-refractivity contribution < 1.29 is 14.6 Å². The van der Waals surface area contributed by atoms with Crippen LogP contribution in [0.25, 0.3) is 0 Å². The van der Waals surface area contributed by atoms with Gasteiger partial charge >= 0.3 is 0 Å². The average Bonchev–Trinajstić information content (AvgIpc) is 2.71. The van der Waals surface area contributed by atoms with Gasteiger partial charge in [0, 0.05) is 19.6 Å². The molecule has 1 aliphatic carbocycles. The average molecular weight is 298 g/mol. The maximum Gasteiger partial charge on any atom is 0.230 e. The molecule has 0 aromatic rings. The van der Waals surface area contributed by atoms with E-state index in [1.165, 1.54) is 12.8 Å². The predicted octanol–water partition coefficient (Wildman–Crippen LogP) is 1.28. The van der Waals surface area contributed by atoms with Gasteiger partial charge in [0.05, 0.1) is 23.7 Å². The monoisotopic (exact) mass is 298 g/mol. The van der Waals surface area contributed by atoms with E-state index in [4.69, 9.17) is 10.5 Å². The van der Waals surface area contributed by atoms with Crippen LogP contribution in [0.4, 0.5) is 0 Å². The third-order valence-electron chi connectivity index (χ3n) is 4.88. The number of hydrogen-bond acceptors (Lipinski definition) is 4. The lowest BCUT2D eigenvalue weighted by Crippen LogP contribution is -2.59. The molecule has 1 saturated heterocycles.